The summed E-state index contributed by atoms with van der Waals surface area (Å²) in [5.74, 6) is 1.35. The fraction of sp³-hybridized carbons (Fsp3) is 0.467. The smallest absolute Gasteiger partial charge is 0.385 e. The van der Waals surface area contributed by atoms with Crippen LogP contribution in [0.1, 0.15) is 60.8 Å². The second-order valence-corrected chi connectivity index (χ2v) is 10.00. The molecule has 3 aromatic carbocycles. The molecule has 3 aromatic rings. The van der Waals surface area contributed by atoms with Crippen LogP contribution in [0.15, 0.2) is 54.6 Å². The lowest BCUT2D eigenvalue weighted by molar-refractivity contribution is -0.137. The summed E-state index contributed by atoms with van der Waals surface area (Å²) >= 11 is 0. The Balaban J connectivity index is 1.33. The van der Waals surface area contributed by atoms with Gasteiger partial charge in [0, 0.05) is 19.1 Å². The molecule has 0 heterocycles. The maximum atomic E-state index is 15.2. The Labute approximate surface area is 205 Å². The summed E-state index contributed by atoms with van der Waals surface area (Å²) in [6.07, 6.45) is 5.14. The molecule has 1 saturated carbocycles. The van der Waals surface area contributed by atoms with E-state index in [1.165, 1.54) is 56.2 Å². The molecule has 1 aliphatic rings. The van der Waals surface area contributed by atoms with E-state index < -0.39 is 11.7 Å². The Kier molecular flexibility index (Phi) is 8.48. The molecule has 4 rings (SSSR count). The van der Waals surface area contributed by atoms with Crippen LogP contribution >= 0.6 is 0 Å². The lowest BCUT2D eigenvalue weighted by atomic mass is 9.78. The van der Waals surface area contributed by atoms with Gasteiger partial charge in [-0.3, -0.25) is 0 Å². The van der Waals surface area contributed by atoms with Gasteiger partial charge in [-0.05, 0) is 78.1 Å². The topological polar surface area (TPSA) is 9.23 Å². The van der Waals surface area contributed by atoms with E-state index in [0.29, 0.717) is 23.8 Å². The van der Waals surface area contributed by atoms with Gasteiger partial charge in [-0.1, -0.05) is 68.1 Å². The molecule has 0 aliphatic heterocycles. The number of halogens is 4. The predicted octanol–water partition coefficient (Wildman–Crippen LogP) is 8.56. The molecular weight excluding hydrogens is 452 g/mol. The second-order valence-electron chi connectivity index (χ2n) is 10.00. The molecule has 0 N–H and O–H groups in total. The standard InChI is InChI=1S/C30H34F4O/c1-35-19-18-23-4-2-21(3-5-23)6-7-24-11-17-28-26(20-24)14-13-25(29(28)31)12-8-22-9-15-27(16-10-22)30(32,33)34/h9-11,13-17,20-21,23H,2-8,12,18-19H2,1H3. The lowest BCUT2D eigenvalue weighted by Crippen LogP contribution is -2.16. The van der Waals surface area contributed by atoms with Gasteiger partial charge < -0.3 is 4.74 Å². The van der Waals surface area contributed by atoms with Gasteiger partial charge in [0.2, 0.25) is 0 Å². The molecule has 0 amide bonds. The quantitative estimate of drug-likeness (QED) is 0.275. The number of methoxy groups -OCH3 is 1. The van der Waals surface area contributed by atoms with Crippen molar-refractivity contribution in [1.82, 2.24) is 0 Å². The molecule has 0 spiro atoms. The second kappa shape index (κ2) is 11.6. The zero-order chi connectivity index (χ0) is 24.8. The monoisotopic (exact) mass is 486 g/mol. The largest absolute Gasteiger partial charge is 0.416 e. The first-order valence-electron chi connectivity index (χ1n) is 12.7. The van der Waals surface area contributed by atoms with Crippen molar-refractivity contribution in [3.63, 3.8) is 0 Å². The van der Waals surface area contributed by atoms with Crippen LogP contribution in [0, 0.1) is 17.7 Å². The third-order valence-corrected chi connectivity index (χ3v) is 7.60. The molecule has 0 radical (unpaired) electrons. The maximum Gasteiger partial charge on any atom is 0.416 e. The molecule has 188 valence electrons. The van der Waals surface area contributed by atoms with Gasteiger partial charge in [0.15, 0.2) is 0 Å². The molecule has 35 heavy (non-hydrogen) atoms. The van der Waals surface area contributed by atoms with Crippen molar-refractivity contribution >= 4 is 10.8 Å². The fourth-order valence-electron chi connectivity index (χ4n) is 5.34. The average molecular weight is 487 g/mol. The van der Waals surface area contributed by atoms with Gasteiger partial charge in [0.1, 0.15) is 5.82 Å². The number of aryl methyl sites for hydroxylation is 3. The Bertz CT molecular complexity index is 1100. The minimum absolute atomic E-state index is 0.227. The summed E-state index contributed by atoms with van der Waals surface area (Å²) in [6, 6.07) is 14.9. The van der Waals surface area contributed by atoms with Gasteiger partial charge in [-0.15, -0.1) is 0 Å². The Hall–Kier alpha value is -2.40. The highest BCUT2D eigenvalue weighted by molar-refractivity contribution is 5.84. The predicted molar refractivity (Wildman–Crippen MR) is 133 cm³/mol. The van der Waals surface area contributed by atoms with Gasteiger partial charge in [-0.2, -0.15) is 13.2 Å². The van der Waals surface area contributed by atoms with Crippen LogP contribution in [0.5, 0.6) is 0 Å². The Morgan fingerprint density at radius 2 is 1.43 bits per heavy atom. The number of hydrogen-bond donors (Lipinski definition) is 0. The third kappa shape index (κ3) is 6.84. The normalized spacial score (nSPS) is 18.8. The molecule has 1 fully saturated rings. The number of rotatable bonds is 9. The van der Waals surface area contributed by atoms with E-state index in [9.17, 15) is 13.2 Å². The van der Waals surface area contributed by atoms with Crippen LogP contribution < -0.4 is 0 Å². The van der Waals surface area contributed by atoms with Crippen LogP contribution in [0.2, 0.25) is 0 Å². The fourth-order valence-corrected chi connectivity index (χ4v) is 5.34. The van der Waals surface area contributed by atoms with Crippen molar-refractivity contribution in [2.75, 3.05) is 13.7 Å². The lowest BCUT2D eigenvalue weighted by Gasteiger charge is -2.28. The minimum atomic E-state index is -4.34. The highest BCUT2D eigenvalue weighted by atomic mass is 19.4. The molecule has 5 heteroatoms. The van der Waals surface area contributed by atoms with Crippen molar-refractivity contribution in [2.45, 2.75) is 64.0 Å². The van der Waals surface area contributed by atoms with Gasteiger partial charge in [-0.25, -0.2) is 4.39 Å². The van der Waals surface area contributed by atoms with Crippen molar-refractivity contribution < 1.29 is 22.3 Å². The highest BCUT2D eigenvalue weighted by Crippen LogP contribution is 2.34. The minimum Gasteiger partial charge on any atom is -0.385 e. The molecule has 1 aliphatic carbocycles. The molecular formula is C30H34F4O. The van der Waals surface area contributed by atoms with Crippen LogP contribution in [-0.2, 0) is 30.2 Å². The van der Waals surface area contributed by atoms with Crippen molar-refractivity contribution in [2.24, 2.45) is 11.8 Å². The summed E-state index contributed by atoms with van der Waals surface area (Å²) in [6.45, 7) is 0.861. The van der Waals surface area contributed by atoms with E-state index in [0.717, 1.165) is 47.9 Å². The molecule has 0 unspecified atom stereocenters. The van der Waals surface area contributed by atoms with Crippen LogP contribution in [-0.4, -0.2) is 13.7 Å². The van der Waals surface area contributed by atoms with Crippen molar-refractivity contribution in [1.29, 1.82) is 0 Å². The first-order valence-corrected chi connectivity index (χ1v) is 12.7. The van der Waals surface area contributed by atoms with Crippen molar-refractivity contribution in [3.8, 4) is 0 Å². The molecule has 0 atom stereocenters. The number of fused-ring (bicyclic) bond motifs is 1. The van der Waals surface area contributed by atoms with Gasteiger partial charge in [0.05, 0.1) is 5.56 Å². The van der Waals surface area contributed by atoms with Crippen LogP contribution in [0.25, 0.3) is 10.8 Å². The number of hydrogen-bond acceptors (Lipinski definition) is 1. The van der Waals surface area contributed by atoms with Crippen molar-refractivity contribution in [3.05, 3.63) is 82.7 Å². The van der Waals surface area contributed by atoms with E-state index in [4.69, 9.17) is 4.74 Å². The van der Waals surface area contributed by atoms with E-state index in [1.807, 2.05) is 24.3 Å². The first kappa shape index (κ1) is 25.7. The zero-order valence-corrected chi connectivity index (χ0v) is 20.3. The van der Waals surface area contributed by atoms with E-state index in [-0.39, 0.29) is 5.82 Å². The zero-order valence-electron chi connectivity index (χ0n) is 20.3. The van der Waals surface area contributed by atoms with E-state index in [2.05, 4.69) is 6.07 Å². The number of ether oxygens (including phenoxy) is 1. The summed E-state index contributed by atoms with van der Waals surface area (Å²) in [5, 5.41) is 1.51. The summed E-state index contributed by atoms with van der Waals surface area (Å²) in [4.78, 5) is 0. The highest BCUT2D eigenvalue weighted by Gasteiger charge is 2.29. The number of alkyl halides is 3. The van der Waals surface area contributed by atoms with Crippen LogP contribution in [0.3, 0.4) is 0 Å². The Morgan fingerprint density at radius 3 is 2.09 bits per heavy atom. The first-order chi connectivity index (χ1) is 16.8. The van der Waals surface area contributed by atoms with E-state index in [1.54, 1.807) is 7.11 Å². The molecule has 1 nitrogen and oxygen atoms in total. The molecule has 0 bridgehead atoms. The summed E-state index contributed by atoms with van der Waals surface area (Å²) in [5.41, 5.74) is 1.94. The average Bonchev–Trinajstić information content (AvgIpc) is 2.86. The Morgan fingerprint density at radius 1 is 0.771 bits per heavy atom. The van der Waals surface area contributed by atoms with E-state index >= 15 is 4.39 Å². The summed E-state index contributed by atoms with van der Waals surface area (Å²) in [7, 11) is 1.77. The van der Waals surface area contributed by atoms with Gasteiger partial charge in [0.25, 0.3) is 0 Å². The molecule has 0 aromatic heterocycles. The maximum absolute atomic E-state index is 15.2. The van der Waals surface area contributed by atoms with Gasteiger partial charge >= 0.3 is 6.18 Å². The number of benzene rings is 3. The third-order valence-electron chi connectivity index (χ3n) is 7.60. The summed E-state index contributed by atoms with van der Waals surface area (Å²) < 4.78 is 58.6. The SMILES string of the molecule is COCCC1CCC(CCc2ccc3c(F)c(CCc4ccc(C(F)(F)F)cc4)ccc3c2)CC1. The molecule has 0 saturated heterocycles. The van der Waals surface area contributed by atoms with Crippen LogP contribution in [0.4, 0.5) is 17.6 Å².